The first-order valence-corrected chi connectivity index (χ1v) is 7.65. The summed E-state index contributed by atoms with van der Waals surface area (Å²) in [6.45, 7) is 5.05. The Kier molecular flexibility index (Phi) is 3.88. The van der Waals surface area contributed by atoms with E-state index in [1.807, 2.05) is 0 Å². The number of para-hydroxylation sites is 1. The van der Waals surface area contributed by atoms with Gasteiger partial charge in [0.25, 0.3) is 0 Å². The summed E-state index contributed by atoms with van der Waals surface area (Å²) in [6, 6.07) is 8.56. The molecule has 2 aromatic heterocycles. The Labute approximate surface area is 125 Å². The van der Waals surface area contributed by atoms with Crippen LogP contribution in [0.15, 0.2) is 24.3 Å². The van der Waals surface area contributed by atoms with Crippen LogP contribution >= 0.6 is 0 Å². The van der Waals surface area contributed by atoms with Gasteiger partial charge in [-0.2, -0.15) is 0 Å². The van der Waals surface area contributed by atoms with Gasteiger partial charge in [0.2, 0.25) is 0 Å². The molecule has 1 aromatic carbocycles. The predicted octanol–water partition coefficient (Wildman–Crippen LogP) is 3.17. The van der Waals surface area contributed by atoms with Crippen molar-refractivity contribution in [3.05, 3.63) is 41.2 Å². The number of aromatic nitrogens is 3. The highest BCUT2D eigenvalue weighted by molar-refractivity contribution is 5.88. The van der Waals surface area contributed by atoms with E-state index in [-0.39, 0.29) is 0 Å². The summed E-state index contributed by atoms with van der Waals surface area (Å²) in [7, 11) is 0. The van der Waals surface area contributed by atoms with Gasteiger partial charge in [0.05, 0.1) is 5.52 Å². The fourth-order valence-corrected chi connectivity index (χ4v) is 2.98. The summed E-state index contributed by atoms with van der Waals surface area (Å²) in [4.78, 5) is 0. The molecular formula is C17H22N4. The van der Waals surface area contributed by atoms with Gasteiger partial charge in [-0.1, -0.05) is 24.6 Å². The Morgan fingerprint density at radius 1 is 1.05 bits per heavy atom. The van der Waals surface area contributed by atoms with Gasteiger partial charge in [-0.25, -0.2) is 0 Å². The van der Waals surface area contributed by atoms with Gasteiger partial charge >= 0.3 is 0 Å². The average molecular weight is 282 g/mol. The van der Waals surface area contributed by atoms with E-state index in [0.29, 0.717) is 0 Å². The van der Waals surface area contributed by atoms with Crippen molar-refractivity contribution in [2.24, 2.45) is 5.73 Å². The third-order valence-electron chi connectivity index (χ3n) is 4.09. The molecule has 0 spiro atoms. The van der Waals surface area contributed by atoms with E-state index in [4.69, 9.17) is 5.73 Å². The third-order valence-corrected chi connectivity index (χ3v) is 4.09. The first-order chi connectivity index (χ1) is 10.2. The van der Waals surface area contributed by atoms with Gasteiger partial charge in [0, 0.05) is 11.8 Å². The molecule has 2 heterocycles. The van der Waals surface area contributed by atoms with Crippen LogP contribution in [0.4, 0.5) is 0 Å². The Morgan fingerprint density at radius 3 is 2.71 bits per heavy atom. The number of fused-ring (bicyclic) bond motifs is 3. The first-order valence-electron chi connectivity index (χ1n) is 7.65. The zero-order valence-corrected chi connectivity index (χ0v) is 12.8. The largest absolute Gasteiger partial charge is 0.330 e. The molecular weight excluding hydrogens is 260 g/mol. The molecule has 0 aliphatic rings. The Bertz CT molecular complexity index is 773. The van der Waals surface area contributed by atoms with Crippen molar-refractivity contribution < 1.29 is 0 Å². The standard InChI is InChI=1S/C17H22N4/c1-12-7-6-8-14-13(2)11-16-20-19-15(21(16)17(12)14)9-4-3-5-10-18/h6-8,11H,3-5,9-10,18H2,1-2H3. The van der Waals surface area contributed by atoms with Gasteiger partial charge in [0.15, 0.2) is 5.65 Å². The molecule has 3 aromatic rings. The first kappa shape index (κ1) is 14.0. The maximum atomic E-state index is 5.56. The molecule has 0 saturated heterocycles. The fourth-order valence-electron chi connectivity index (χ4n) is 2.98. The highest BCUT2D eigenvalue weighted by Gasteiger charge is 2.12. The summed E-state index contributed by atoms with van der Waals surface area (Å²) in [5.41, 5.74) is 10.3. The zero-order chi connectivity index (χ0) is 14.8. The topological polar surface area (TPSA) is 56.2 Å². The molecule has 3 rings (SSSR count). The Balaban J connectivity index is 2.11. The van der Waals surface area contributed by atoms with E-state index in [2.05, 4.69) is 52.7 Å². The number of hydrogen-bond donors (Lipinski definition) is 1. The number of nitrogens with zero attached hydrogens (tertiary/aromatic N) is 3. The molecule has 0 aliphatic carbocycles. The summed E-state index contributed by atoms with van der Waals surface area (Å²) in [6.07, 6.45) is 4.29. The highest BCUT2D eigenvalue weighted by atomic mass is 15.2. The molecule has 110 valence electrons. The molecule has 0 amide bonds. The molecule has 0 bridgehead atoms. The quantitative estimate of drug-likeness (QED) is 0.731. The van der Waals surface area contributed by atoms with E-state index >= 15 is 0 Å². The SMILES string of the molecule is Cc1cc2nnc(CCCCCN)n2c2c(C)cccc12. The van der Waals surface area contributed by atoms with E-state index < -0.39 is 0 Å². The van der Waals surface area contributed by atoms with Crippen LogP contribution in [0.1, 0.15) is 36.2 Å². The molecule has 0 unspecified atom stereocenters. The van der Waals surface area contributed by atoms with Gasteiger partial charge < -0.3 is 5.73 Å². The zero-order valence-electron chi connectivity index (χ0n) is 12.8. The lowest BCUT2D eigenvalue weighted by Gasteiger charge is -2.10. The Morgan fingerprint density at radius 2 is 1.90 bits per heavy atom. The normalized spacial score (nSPS) is 11.6. The van der Waals surface area contributed by atoms with E-state index in [1.54, 1.807) is 0 Å². The molecule has 0 aliphatic heterocycles. The molecule has 0 atom stereocenters. The second kappa shape index (κ2) is 5.82. The van der Waals surface area contributed by atoms with Crippen molar-refractivity contribution in [1.82, 2.24) is 14.6 Å². The lowest BCUT2D eigenvalue weighted by Crippen LogP contribution is -2.01. The van der Waals surface area contributed by atoms with Crippen LogP contribution in [0.25, 0.3) is 16.6 Å². The lowest BCUT2D eigenvalue weighted by molar-refractivity contribution is 0.667. The van der Waals surface area contributed by atoms with Crippen molar-refractivity contribution in [3.63, 3.8) is 0 Å². The number of hydrogen-bond acceptors (Lipinski definition) is 3. The van der Waals surface area contributed by atoms with E-state index in [9.17, 15) is 0 Å². The van der Waals surface area contributed by atoms with E-state index in [1.165, 1.54) is 22.0 Å². The van der Waals surface area contributed by atoms with Crippen LogP contribution in [0.3, 0.4) is 0 Å². The highest BCUT2D eigenvalue weighted by Crippen LogP contribution is 2.25. The molecule has 0 saturated carbocycles. The van der Waals surface area contributed by atoms with E-state index in [0.717, 1.165) is 43.7 Å². The minimum Gasteiger partial charge on any atom is -0.330 e. The molecule has 0 fully saturated rings. The van der Waals surface area contributed by atoms with Crippen LogP contribution in [-0.4, -0.2) is 21.1 Å². The lowest BCUT2D eigenvalue weighted by atomic mass is 10.1. The molecule has 21 heavy (non-hydrogen) atoms. The summed E-state index contributed by atoms with van der Waals surface area (Å²) >= 11 is 0. The average Bonchev–Trinajstić information content (AvgIpc) is 2.87. The fraction of sp³-hybridized carbons (Fsp3) is 0.412. The number of aryl methyl sites for hydroxylation is 3. The molecule has 4 heteroatoms. The number of rotatable bonds is 5. The summed E-state index contributed by atoms with van der Waals surface area (Å²) < 4.78 is 2.22. The van der Waals surface area contributed by atoms with Crippen LogP contribution in [0.2, 0.25) is 0 Å². The predicted molar refractivity (Wildman–Crippen MR) is 86.6 cm³/mol. The maximum Gasteiger partial charge on any atom is 0.161 e. The number of benzene rings is 1. The van der Waals surface area contributed by atoms with Crippen LogP contribution in [0.5, 0.6) is 0 Å². The second-order valence-corrected chi connectivity index (χ2v) is 5.71. The van der Waals surface area contributed by atoms with Crippen molar-refractivity contribution in [2.45, 2.75) is 39.5 Å². The smallest absolute Gasteiger partial charge is 0.161 e. The molecule has 4 nitrogen and oxygen atoms in total. The molecule has 2 N–H and O–H groups in total. The Hall–Kier alpha value is -1.94. The van der Waals surface area contributed by atoms with Gasteiger partial charge in [-0.15, -0.1) is 10.2 Å². The monoisotopic (exact) mass is 282 g/mol. The van der Waals surface area contributed by atoms with Crippen molar-refractivity contribution in [2.75, 3.05) is 6.54 Å². The number of nitrogens with two attached hydrogens (primary N) is 1. The van der Waals surface area contributed by atoms with Gasteiger partial charge in [0.1, 0.15) is 5.82 Å². The number of unbranched alkanes of at least 4 members (excludes halogenated alkanes) is 2. The van der Waals surface area contributed by atoms with Crippen molar-refractivity contribution >= 4 is 16.6 Å². The van der Waals surface area contributed by atoms with Gasteiger partial charge in [-0.05, 0) is 50.4 Å². The van der Waals surface area contributed by atoms with Gasteiger partial charge in [-0.3, -0.25) is 4.40 Å². The van der Waals surface area contributed by atoms with Crippen molar-refractivity contribution in [1.29, 1.82) is 0 Å². The summed E-state index contributed by atoms with van der Waals surface area (Å²) in [5.74, 6) is 1.06. The van der Waals surface area contributed by atoms with Crippen LogP contribution in [-0.2, 0) is 6.42 Å². The second-order valence-electron chi connectivity index (χ2n) is 5.71. The summed E-state index contributed by atoms with van der Waals surface area (Å²) in [5, 5.41) is 10.0. The minimum atomic E-state index is 0.766. The van der Waals surface area contributed by atoms with Crippen LogP contribution in [0, 0.1) is 13.8 Å². The third kappa shape index (κ3) is 2.51. The maximum absolute atomic E-state index is 5.56. The van der Waals surface area contributed by atoms with Crippen molar-refractivity contribution in [3.8, 4) is 0 Å². The number of pyridine rings is 1. The minimum absolute atomic E-state index is 0.766. The molecule has 0 radical (unpaired) electrons. The van der Waals surface area contributed by atoms with Crippen LogP contribution < -0.4 is 5.73 Å².